The first-order valence-corrected chi connectivity index (χ1v) is 8.18. The van der Waals surface area contributed by atoms with Crippen molar-refractivity contribution in [3.63, 3.8) is 0 Å². The Morgan fingerprint density at radius 2 is 1.82 bits per heavy atom. The minimum Gasteiger partial charge on any atom is -0.353 e. The Morgan fingerprint density at radius 3 is 2.41 bits per heavy atom. The maximum atomic E-state index is 12.4. The lowest BCUT2D eigenvalue weighted by molar-refractivity contribution is -0.123. The molecule has 0 aromatic heterocycles. The van der Waals surface area contributed by atoms with Crippen LogP contribution in [0.1, 0.15) is 25.8 Å². The van der Waals surface area contributed by atoms with Gasteiger partial charge >= 0.3 is 0 Å². The first-order valence-electron chi connectivity index (χ1n) is 8.18. The number of amides is 1. The van der Waals surface area contributed by atoms with Crippen molar-refractivity contribution in [2.45, 2.75) is 32.7 Å². The predicted molar refractivity (Wildman–Crippen MR) is 93.0 cm³/mol. The number of rotatable bonds is 10. The van der Waals surface area contributed by atoms with Gasteiger partial charge in [-0.1, -0.05) is 44.2 Å². The first kappa shape index (κ1) is 18.7. The minimum absolute atomic E-state index is 0.0921. The van der Waals surface area contributed by atoms with Crippen LogP contribution in [0.4, 0.5) is 0 Å². The van der Waals surface area contributed by atoms with E-state index in [0.29, 0.717) is 12.5 Å². The summed E-state index contributed by atoms with van der Waals surface area (Å²) in [6.07, 6.45) is 1.81. The Labute approximate surface area is 135 Å². The summed E-state index contributed by atoms with van der Waals surface area (Å²) in [5.41, 5.74) is 1.19. The van der Waals surface area contributed by atoms with E-state index in [1.165, 1.54) is 5.56 Å². The van der Waals surface area contributed by atoms with E-state index in [-0.39, 0.29) is 11.9 Å². The fraction of sp³-hybridized carbons (Fsp3) is 0.611. The molecule has 0 aliphatic rings. The maximum absolute atomic E-state index is 12.4. The van der Waals surface area contributed by atoms with Crippen LogP contribution in [-0.4, -0.2) is 50.6 Å². The Hall–Kier alpha value is -1.39. The van der Waals surface area contributed by atoms with Crippen LogP contribution in [0, 0.1) is 5.92 Å². The van der Waals surface area contributed by atoms with E-state index < -0.39 is 0 Å². The van der Waals surface area contributed by atoms with Gasteiger partial charge in [0.1, 0.15) is 0 Å². The number of likely N-dealkylation sites (N-methyl/N-ethyl adjacent to an activating group) is 1. The molecule has 22 heavy (non-hydrogen) atoms. The highest BCUT2D eigenvalue weighted by atomic mass is 16.2. The maximum Gasteiger partial charge on any atom is 0.237 e. The molecule has 1 aromatic rings. The fourth-order valence-electron chi connectivity index (χ4n) is 2.18. The van der Waals surface area contributed by atoms with Crippen LogP contribution in [0.3, 0.4) is 0 Å². The van der Waals surface area contributed by atoms with Crippen molar-refractivity contribution >= 4 is 5.91 Å². The zero-order valence-electron chi connectivity index (χ0n) is 14.4. The summed E-state index contributed by atoms with van der Waals surface area (Å²) in [6, 6.07) is 10.0. The molecule has 1 atom stereocenters. The van der Waals surface area contributed by atoms with Gasteiger partial charge in [-0.05, 0) is 45.0 Å². The lowest BCUT2D eigenvalue weighted by atomic mass is 10.0. The van der Waals surface area contributed by atoms with Crippen LogP contribution in [0.25, 0.3) is 0 Å². The van der Waals surface area contributed by atoms with Crippen LogP contribution < -0.4 is 10.6 Å². The molecule has 0 unspecified atom stereocenters. The molecule has 0 saturated heterocycles. The van der Waals surface area contributed by atoms with Gasteiger partial charge in [-0.2, -0.15) is 0 Å². The summed E-state index contributed by atoms with van der Waals surface area (Å²) in [7, 11) is 4.02. The second-order valence-electron chi connectivity index (χ2n) is 6.47. The molecule has 0 spiro atoms. The Bertz CT molecular complexity index is 418. The second-order valence-corrected chi connectivity index (χ2v) is 6.47. The summed E-state index contributed by atoms with van der Waals surface area (Å²) in [5, 5.41) is 6.44. The zero-order valence-corrected chi connectivity index (χ0v) is 14.4. The zero-order chi connectivity index (χ0) is 16.4. The largest absolute Gasteiger partial charge is 0.353 e. The molecule has 1 rings (SSSR count). The Kier molecular flexibility index (Phi) is 8.78. The first-order chi connectivity index (χ1) is 10.5. The highest BCUT2D eigenvalue weighted by molar-refractivity contribution is 5.82. The molecule has 0 fully saturated rings. The van der Waals surface area contributed by atoms with Gasteiger partial charge in [0.05, 0.1) is 6.04 Å². The summed E-state index contributed by atoms with van der Waals surface area (Å²) in [4.78, 5) is 14.5. The molecule has 0 bridgehead atoms. The number of benzene rings is 1. The molecule has 1 aromatic carbocycles. The SMILES string of the molecule is CC(C)CCN[C@@H](Cc1ccccc1)C(=O)NCCN(C)C. The van der Waals surface area contributed by atoms with Crippen molar-refractivity contribution in [1.82, 2.24) is 15.5 Å². The van der Waals surface area contributed by atoms with Gasteiger partial charge in [-0.15, -0.1) is 0 Å². The molecule has 0 radical (unpaired) electrons. The molecular weight excluding hydrogens is 274 g/mol. The molecule has 0 aliphatic heterocycles. The van der Waals surface area contributed by atoms with Crippen LogP contribution in [0.15, 0.2) is 30.3 Å². The van der Waals surface area contributed by atoms with Crippen molar-refractivity contribution in [2.75, 3.05) is 33.7 Å². The standard InChI is InChI=1S/C18H31N3O/c1-15(2)10-11-19-17(14-16-8-6-5-7-9-16)18(22)20-12-13-21(3)4/h5-9,15,17,19H,10-14H2,1-4H3,(H,20,22)/t17-/m0/s1. The van der Waals surface area contributed by atoms with Crippen molar-refractivity contribution in [1.29, 1.82) is 0 Å². The third-order valence-corrected chi connectivity index (χ3v) is 3.57. The van der Waals surface area contributed by atoms with Crippen molar-refractivity contribution in [2.24, 2.45) is 5.92 Å². The molecule has 0 aliphatic carbocycles. The molecule has 4 nitrogen and oxygen atoms in total. The lowest BCUT2D eigenvalue weighted by Crippen LogP contribution is -2.47. The number of hydrogen-bond donors (Lipinski definition) is 2. The van der Waals surface area contributed by atoms with Crippen LogP contribution in [0.2, 0.25) is 0 Å². The Morgan fingerprint density at radius 1 is 1.14 bits per heavy atom. The number of nitrogens with zero attached hydrogens (tertiary/aromatic N) is 1. The van der Waals surface area contributed by atoms with Gasteiger partial charge < -0.3 is 15.5 Å². The average Bonchev–Trinajstić information content (AvgIpc) is 2.46. The van der Waals surface area contributed by atoms with E-state index in [1.54, 1.807) is 0 Å². The van der Waals surface area contributed by atoms with E-state index in [0.717, 1.165) is 25.9 Å². The van der Waals surface area contributed by atoms with Gasteiger partial charge in [0.25, 0.3) is 0 Å². The molecule has 2 N–H and O–H groups in total. The summed E-state index contributed by atoms with van der Waals surface area (Å²) in [5.74, 6) is 0.733. The van der Waals surface area contributed by atoms with E-state index in [9.17, 15) is 4.79 Å². The molecule has 4 heteroatoms. The quantitative estimate of drug-likeness (QED) is 0.694. The molecule has 1 amide bonds. The number of nitrogens with one attached hydrogen (secondary N) is 2. The van der Waals surface area contributed by atoms with Crippen LogP contribution >= 0.6 is 0 Å². The number of hydrogen-bond acceptors (Lipinski definition) is 3. The van der Waals surface area contributed by atoms with E-state index in [2.05, 4.69) is 41.5 Å². The van der Waals surface area contributed by atoms with Gasteiger partial charge in [-0.25, -0.2) is 0 Å². The number of carbonyl (C=O) groups is 1. The van der Waals surface area contributed by atoms with Gasteiger partial charge in [0, 0.05) is 13.1 Å². The minimum atomic E-state index is -0.164. The molecule has 124 valence electrons. The highest BCUT2D eigenvalue weighted by Crippen LogP contribution is 2.05. The Balaban J connectivity index is 2.54. The predicted octanol–water partition coefficient (Wildman–Crippen LogP) is 1.91. The third-order valence-electron chi connectivity index (χ3n) is 3.57. The van der Waals surface area contributed by atoms with Crippen molar-refractivity contribution in [3.8, 4) is 0 Å². The van der Waals surface area contributed by atoms with E-state index in [4.69, 9.17) is 0 Å². The van der Waals surface area contributed by atoms with Crippen molar-refractivity contribution < 1.29 is 4.79 Å². The van der Waals surface area contributed by atoms with E-state index in [1.807, 2.05) is 32.3 Å². The smallest absolute Gasteiger partial charge is 0.237 e. The fourth-order valence-corrected chi connectivity index (χ4v) is 2.18. The van der Waals surface area contributed by atoms with Gasteiger partial charge in [-0.3, -0.25) is 4.79 Å². The monoisotopic (exact) mass is 305 g/mol. The van der Waals surface area contributed by atoms with Gasteiger partial charge in [0.15, 0.2) is 0 Å². The number of carbonyl (C=O) groups excluding carboxylic acids is 1. The topological polar surface area (TPSA) is 44.4 Å². The second kappa shape index (κ2) is 10.4. The molecule has 0 heterocycles. The normalized spacial score (nSPS) is 12.6. The molecular formula is C18H31N3O. The highest BCUT2D eigenvalue weighted by Gasteiger charge is 2.18. The van der Waals surface area contributed by atoms with Gasteiger partial charge in [0.2, 0.25) is 5.91 Å². The van der Waals surface area contributed by atoms with E-state index >= 15 is 0 Å². The molecule has 0 saturated carbocycles. The van der Waals surface area contributed by atoms with Crippen molar-refractivity contribution in [3.05, 3.63) is 35.9 Å². The lowest BCUT2D eigenvalue weighted by Gasteiger charge is -2.20. The van der Waals surface area contributed by atoms with Crippen LogP contribution in [0.5, 0.6) is 0 Å². The van der Waals surface area contributed by atoms with Crippen LogP contribution in [-0.2, 0) is 11.2 Å². The summed E-state index contributed by atoms with van der Waals surface area (Å²) in [6.45, 7) is 6.81. The third kappa shape index (κ3) is 8.15. The summed E-state index contributed by atoms with van der Waals surface area (Å²) >= 11 is 0. The average molecular weight is 305 g/mol. The summed E-state index contributed by atoms with van der Waals surface area (Å²) < 4.78 is 0.